The van der Waals surface area contributed by atoms with E-state index in [0.717, 1.165) is 9.91 Å². The van der Waals surface area contributed by atoms with Gasteiger partial charge < -0.3 is 5.11 Å². The van der Waals surface area contributed by atoms with Gasteiger partial charge in [0.1, 0.15) is 0 Å². The summed E-state index contributed by atoms with van der Waals surface area (Å²) in [5.74, 6) is -1.29. The molecule has 1 N–H and O–H groups in total. The van der Waals surface area contributed by atoms with Crippen LogP contribution in [0.4, 0.5) is 13.2 Å². The Balaban J connectivity index is 2.79. The third-order valence-corrected chi connectivity index (χ3v) is 3.66. The van der Waals surface area contributed by atoms with Crippen molar-refractivity contribution in [1.29, 1.82) is 0 Å². The Bertz CT molecular complexity index is 466. The number of rotatable bonds is 5. The molecule has 4 nitrogen and oxygen atoms in total. The second kappa shape index (κ2) is 6.09. The van der Waals surface area contributed by atoms with Crippen molar-refractivity contribution < 1.29 is 23.1 Å². The first-order valence-electron chi connectivity index (χ1n) is 5.93. The quantitative estimate of drug-likeness (QED) is 0.908. The van der Waals surface area contributed by atoms with Gasteiger partial charge in [-0.2, -0.15) is 13.2 Å². The molecular formula is C12H17F3N2O2S. The molecule has 1 heterocycles. The van der Waals surface area contributed by atoms with E-state index in [2.05, 4.69) is 4.98 Å². The summed E-state index contributed by atoms with van der Waals surface area (Å²) in [5.41, 5.74) is 0.287. The highest BCUT2D eigenvalue weighted by molar-refractivity contribution is 7.09. The lowest BCUT2D eigenvalue weighted by Crippen LogP contribution is -2.37. The first kappa shape index (κ1) is 16.9. The standard InChI is InChI=1S/C12H17F3N2O2S/c1-11(2,3)10-16-8(6-20-10)4-17(5-9(18)19)7-12(13,14)15/h6H,4-5,7H2,1-3H3,(H,18,19). The van der Waals surface area contributed by atoms with E-state index in [0.29, 0.717) is 5.69 Å². The Hall–Kier alpha value is -1.15. The lowest BCUT2D eigenvalue weighted by molar-refractivity contribution is -0.154. The number of halogens is 3. The van der Waals surface area contributed by atoms with Crippen LogP contribution in [0.25, 0.3) is 0 Å². The van der Waals surface area contributed by atoms with E-state index in [1.807, 2.05) is 20.8 Å². The largest absolute Gasteiger partial charge is 0.480 e. The zero-order valence-corrected chi connectivity index (χ0v) is 12.3. The molecule has 0 unspecified atom stereocenters. The molecule has 1 aromatic rings. The van der Waals surface area contributed by atoms with Gasteiger partial charge in [0.2, 0.25) is 0 Å². The van der Waals surface area contributed by atoms with Crippen LogP contribution in [0.3, 0.4) is 0 Å². The lowest BCUT2D eigenvalue weighted by atomic mass is 9.98. The Kier molecular flexibility index (Phi) is 5.15. The summed E-state index contributed by atoms with van der Waals surface area (Å²) < 4.78 is 37.2. The second-order valence-corrected chi connectivity index (χ2v) is 6.41. The predicted molar refractivity (Wildman–Crippen MR) is 69.8 cm³/mol. The van der Waals surface area contributed by atoms with E-state index in [1.54, 1.807) is 5.38 Å². The molecule has 0 saturated heterocycles. The number of hydrogen-bond donors (Lipinski definition) is 1. The predicted octanol–water partition coefficient (Wildman–Crippen LogP) is 2.89. The summed E-state index contributed by atoms with van der Waals surface area (Å²) in [6.07, 6.45) is -4.43. The van der Waals surface area contributed by atoms with Crippen LogP contribution in [-0.2, 0) is 16.8 Å². The van der Waals surface area contributed by atoms with Gasteiger partial charge >= 0.3 is 12.1 Å². The lowest BCUT2D eigenvalue weighted by Gasteiger charge is -2.20. The molecule has 0 aromatic carbocycles. The van der Waals surface area contributed by atoms with Crippen LogP contribution in [0.2, 0.25) is 0 Å². The van der Waals surface area contributed by atoms with E-state index < -0.39 is 25.2 Å². The third kappa shape index (κ3) is 5.87. The third-order valence-electron chi connectivity index (χ3n) is 2.34. The molecule has 20 heavy (non-hydrogen) atoms. The molecule has 0 aliphatic rings. The van der Waals surface area contributed by atoms with E-state index in [4.69, 9.17) is 5.11 Å². The zero-order valence-electron chi connectivity index (χ0n) is 11.5. The van der Waals surface area contributed by atoms with Crippen molar-refractivity contribution in [3.8, 4) is 0 Å². The molecule has 0 fully saturated rings. The van der Waals surface area contributed by atoms with Crippen LogP contribution in [0.1, 0.15) is 31.5 Å². The van der Waals surface area contributed by atoms with Crippen molar-refractivity contribution in [3.05, 3.63) is 16.1 Å². The van der Waals surface area contributed by atoms with Crippen LogP contribution in [-0.4, -0.2) is 40.2 Å². The number of thiazole rings is 1. The molecule has 0 amide bonds. The number of carboxylic acid groups (broad SMARTS) is 1. The van der Waals surface area contributed by atoms with E-state index >= 15 is 0 Å². The van der Waals surface area contributed by atoms with Gasteiger partial charge in [-0.1, -0.05) is 20.8 Å². The number of aliphatic carboxylic acids is 1. The van der Waals surface area contributed by atoms with Gasteiger partial charge in [-0.15, -0.1) is 11.3 Å². The van der Waals surface area contributed by atoms with Crippen LogP contribution < -0.4 is 0 Å². The fraction of sp³-hybridized carbons (Fsp3) is 0.667. The average Bonchev–Trinajstić information content (AvgIpc) is 2.61. The topological polar surface area (TPSA) is 53.4 Å². The van der Waals surface area contributed by atoms with Gasteiger partial charge in [0.05, 0.1) is 23.8 Å². The average molecular weight is 310 g/mol. The number of hydrogen-bond acceptors (Lipinski definition) is 4. The van der Waals surface area contributed by atoms with Gasteiger partial charge in [0, 0.05) is 17.3 Å². The van der Waals surface area contributed by atoms with Crippen molar-refractivity contribution in [1.82, 2.24) is 9.88 Å². The van der Waals surface area contributed by atoms with Crippen molar-refractivity contribution in [2.75, 3.05) is 13.1 Å². The van der Waals surface area contributed by atoms with Gasteiger partial charge in [0.15, 0.2) is 0 Å². The fourth-order valence-corrected chi connectivity index (χ4v) is 2.46. The Labute approximate surface area is 119 Å². The molecule has 0 bridgehead atoms. The highest BCUT2D eigenvalue weighted by atomic mass is 32.1. The normalized spacial score (nSPS) is 12.9. The fourth-order valence-electron chi connectivity index (χ4n) is 1.57. The summed E-state index contributed by atoms with van der Waals surface area (Å²) in [5, 5.41) is 11.2. The maximum absolute atomic E-state index is 12.4. The van der Waals surface area contributed by atoms with Crippen LogP contribution in [0.5, 0.6) is 0 Å². The maximum atomic E-state index is 12.4. The highest BCUT2D eigenvalue weighted by Gasteiger charge is 2.32. The molecule has 114 valence electrons. The number of aromatic nitrogens is 1. The Morgan fingerprint density at radius 3 is 2.40 bits per heavy atom. The minimum absolute atomic E-state index is 0.127. The number of carboxylic acids is 1. The molecule has 0 atom stereocenters. The van der Waals surface area contributed by atoms with Gasteiger partial charge in [-0.05, 0) is 0 Å². The van der Waals surface area contributed by atoms with Crippen molar-refractivity contribution in [2.24, 2.45) is 0 Å². The van der Waals surface area contributed by atoms with E-state index in [9.17, 15) is 18.0 Å². The van der Waals surface area contributed by atoms with Crippen LogP contribution >= 0.6 is 11.3 Å². The minimum Gasteiger partial charge on any atom is -0.480 e. The maximum Gasteiger partial charge on any atom is 0.401 e. The molecule has 0 saturated carbocycles. The molecule has 1 rings (SSSR count). The number of alkyl halides is 3. The summed E-state index contributed by atoms with van der Waals surface area (Å²) in [4.78, 5) is 15.7. The monoisotopic (exact) mass is 310 g/mol. The SMILES string of the molecule is CC(C)(C)c1nc(CN(CC(=O)O)CC(F)(F)F)cs1. The van der Waals surface area contributed by atoms with Gasteiger partial charge in [-0.3, -0.25) is 9.69 Å². The van der Waals surface area contributed by atoms with Gasteiger partial charge in [-0.25, -0.2) is 4.98 Å². The Morgan fingerprint density at radius 1 is 1.40 bits per heavy atom. The van der Waals surface area contributed by atoms with Gasteiger partial charge in [0.25, 0.3) is 0 Å². The van der Waals surface area contributed by atoms with Crippen LogP contribution in [0, 0.1) is 0 Å². The molecule has 0 radical (unpaired) electrons. The van der Waals surface area contributed by atoms with E-state index in [1.165, 1.54) is 11.3 Å². The van der Waals surface area contributed by atoms with E-state index in [-0.39, 0.29) is 12.0 Å². The number of nitrogens with zero attached hydrogens (tertiary/aromatic N) is 2. The van der Waals surface area contributed by atoms with Crippen LogP contribution in [0.15, 0.2) is 5.38 Å². The highest BCUT2D eigenvalue weighted by Crippen LogP contribution is 2.26. The van der Waals surface area contributed by atoms with Crippen molar-refractivity contribution >= 4 is 17.3 Å². The molecule has 0 spiro atoms. The molecule has 0 aliphatic carbocycles. The second-order valence-electron chi connectivity index (χ2n) is 5.55. The summed E-state index contributed by atoms with van der Waals surface area (Å²) in [6, 6.07) is 0. The smallest absolute Gasteiger partial charge is 0.401 e. The summed E-state index contributed by atoms with van der Waals surface area (Å²) in [7, 11) is 0. The summed E-state index contributed by atoms with van der Waals surface area (Å²) in [6.45, 7) is 3.82. The summed E-state index contributed by atoms with van der Waals surface area (Å²) >= 11 is 1.37. The minimum atomic E-state index is -4.43. The zero-order chi connectivity index (χ0) is 15.6. The Morgan fingerprint density at radius 2 is 2.00 bits per heavy atom. The molecule has 8 heteroatoms. The van der Waals surface area contributed by atoms with Crippen molar-refractivity contribution in [3.63, 3.8) is 0 Å². The molecule has 0 aliphatic heterocycles. The number of carbonyl (C=O) groups is 1. The molecule has 1 aromatic heterocycles. The first-order valence-corrected chi connectivity index (χ1v) is 6.81. The van der Waals surface area contributed by atoms with Crippen molar-refractivity contribution in [2.45, 2.75) is 38.9 Å². The first-order chi connectivity index (χ1) is 8.97. The molecular weight excluding hydrogens is 293 g/mol.